The van der Waals surface area contributed by atoms with E-state index in [-0.39, 0.29) is 24.8 Å². The van der Waals surface area contributed by atoms with E-state index in [0.29, 0.717) is 11.5 Å². The zero-order chi connectivity index (χ0) is 21.3. The highest BCUT2D eigenvalue weighted by Crippen LogP contribution is 2.37. The Kier molecular flexibility index (Phi) is 6.22. The van der Waals surface area contributed by atoms with Gasteiger partial charge in [-0.15, -0.1) is 0 Å². The third kappa shape index (κ3) is 4.92. The number of rotatable bonds is 6. The van der Waals surface area contributed by atoms with Crippen LogP contribution in [0.25, 0.3) is 10.8 Å². The van der Waals surface area contributed by atoms with Crippen LogP contribution in [-0.2, 0) is 9.59 Å². The van der Waals surface area contributed by atoms with Crippen molar-refractivity contribution in [3.8, 4) is 11.5 Å². The summed E-state index contributed by atoms with van der Waals surface area (Å²) in [4.78, 5) is 24.6. The van der Waals surface area contributed by atoms with Gasteiger partial charge in [-0.1, -0.05) is 65.8 Å². The third-order valence-corrected chi connectivity index (χ3v) is 4.86. The fraction of sp³-hybridized carbons (Fsp3) is 0.500. The van der Waals surface area contributed by atoms with Crippen molar-refractivity contribution in [3.05, 3.63) is 35.4 Å². The summed E-state index contributed by atoms with van der Waals surface area (Å²) < 4.78 is 11.9. The smallest absolute Gasteiger partial charge is 0.175 e. The molecule has 152 valence electrons. The molecule has 0 aromatic heterocycles. The molecule has 0 bridgehead atoms. The van der Waals surface area contributed by atoms with Crippen LogP contribution in [0.15, 0.2) is 24.3 Å². The van der Waals surface area contributed by atoms with Gasteiger partial charge in [0.15, 0.2) is 11.6 Å². The summed E-state index contributed by atoms with van der Waals surface area (Å²) in [6.45, 7) is 15.3. The molecule has 0 atom stereocenters. The summed E-state index contributed by atoms with van der Waals surface area (Å²) in [7, 11) is 0. The van der Waals surface area contributed by atoms with Gasteiger partial charge in [-0.2, -0.15) is 0 Å². The topological polar surface area (TPSA) is 52.6 Å². The molecule has 0 amide bonds. The lowest BCUT2D eigenvalue weighted by Crippen LogP contribution is -2.26. The maximum absolute atomic E-state index is 12.3. The second-order valence-electron chi connectivity index (χ2n) is 9.44. The number of ether oxygens (including phenoxy) is 2. The molecule has 0 N–H and O–H groups in total. The van der Waals surface area contributed by atoms with Crippen LogP contribution in [-0.4, -0.2) is 24.8 Å². The highest BCUT2D eigenvalue weighted by atomic mass is 16.5. The van der Waals surface area contributed by atoms with Gasteiger partial charge in [0, 0.05) is 21.6 Å². The van der Waals surface area contributed by atoms with Crippen molar-refractivity contribution < 1.29 is 19.1 Å². The molecule has 28 heavy (non-hydrogen) atoms. The van der Waals surface area contributed by atoms with Gasteiger partial charge in [0.1, 0.15) is 24.7 Å². The molecule has 0 radical (unpaired) electrons. The lowest BCUT2D eigenvalue weighted by Gasteiger charge is -2.20. The Balaban J connectivity index is 2.39. The number of ketones is 2. The van der Waals surface area contributed by atoms with E-state index in [0.717, 1.165) is 21.9 Å². The summed E-state index contributed by atoms with van der Waals surface area (Å²) in [5.74, 6) is 1.45. The average molecular weight is 385 g/mol. The molecule has 0 aliphatic rings. The Morgan fingerprint density at radius 1 is 0.679 bits per heavy atom. The van der Waals surface area contributed by atoms with E-state index in [4.69, 9.17) is 9.47 Å². The van der Waals surface area contributed by atoms with Crippen molar-refractivity contribution in [3.63, 3.8) is 0 Å². The molecule has 0 heterocycles. The van der Waals surface area contributed by atoms with Crippen molar-refractivity contribution in [1.29, 1.82) is 0 Å². The summed E-state index contributed by atoms with van der Waals surface area (Å²) in [6.07, 6.45) is 0. The van der Waals surface area contributed by atoms with Gasteiger partial charge in [-0.3, -0.25) is 9.59 Å². The first-order valence-corrected chi connectivity index (χ1v) is 9.67. The Morgan fingerprint density at radius 3 is 1.29 bits per heavy atom. The summed E-state index contributed by atoms with van der Waals surface area (Å²) in [5.41, 5.74) is 1.01. The van der Waals surface area contributed by atoms with Gasteiger partial charge in [0.05, 0.1) is 0 Å². The third-order valence-electron chi connectivity index (χ3n) is 4.86. The second kappa shape index (κ2) is 7.94. The number of hydrogen-bond acceptors (Lipinski definition) is 4. The number of Topliss-reactive ketones (excluding diaryl/α,β-unsaturated/α-hetero) is 2. The highest BCUT2D eigenvalue weighted by Gasteiger charge is 2.24. The van der Waals surface area contributed by atoms with E-state index in [1.807, 2.05) is 79.7 Å². The molecule has 0 unspecified atom stereocenters. The summed E-state index contributed by atoms with van der Waals surface area (Å²) >= 11 is 0. The fourth-order valence-corrected chi connectivity index (χ4v) is 2.66. The summed E-state index contributed by atoms with van der Waals surface area (Å²) in [5, 5.41) is 1.76. The van der Waals surface area contributed by atoms with E-state index < -0.39 is 10.8 Å². The van der Waals surface area contributed by atoms with Gasteiger partial charge in [-0.05, 0) is 25.0 Å². The minimum absolute atomic E-state index is 0.0238. The minimum atomic E-state index is -0.448. The molecule has 0 fully saturated rings. The molecule has 2 aromatic carbocycles. The summed E-state index contributed by atoms with van der Waals surface area (Å²) in [6, 6.07) is 7.87. The van der Waals surface area contributed by atoms with Crippen molar-refractivity contribution in [2.75, 3.05) is 13.2 Å². The van der Waals surface area contributed by atoms with Crippen molar-refractivity contribution >= 4 is 22.3 Å². The normalized spacial score (nSPS) is 12.1. The van der Waals surface area contributed by atoms with E-state index in [9.17, 15) is 9.59 Å². The van der Waals surface area contributed by atoms with E-state index in [1.54, 1.807) is 0 Å². The van der Waals surface area contributed by atoms with Gasteiger partial charge in [0.25, 0.3) is 0 Å². The maximum atomic E-state index is 12.3. The maximum Gasteiger partial charge on any atom is 0.175 e. The molecule has 4 nitrogen and oxygen atoms in total. The largest absolute Gasteiger partial charge is 0.485 e. The first-order chi connectivity index (χ1) is 12.8. The molecule has 0 aliphatic carbocycles. The van der Waals surface area contributed by atoms with Crippen LogP contribution >= 0.6 is 0 Å². The Labute approximate surface area is 168 Å². The number of benzene rings is 2. The van der Waals surface area contributed by atoms with E-state index in [2.05, 4.69) is 0 Å². The number of carbonyl (C=O) groups excluding carboxylic acids is 2. The predicted molar refractivity (Wildman–Crippen MR) is 113 cm³/mol. The molecular weight excluding hydrogens is 352 g/mol. The first kappa shape index (κ1) is 21.9. The molecule has 0 saturated heterocycles. The zero-order valence-corrected chi connectivity index (χ0v) is 18.4. The number of carbonyl (C=O) groups is 2. The molecular formula is C24H32O4. The standard InChI is InChI=1S/C24H32O4/c1-15-9-11-18-17(21(15)27-13-19(25)23(3,4)5)12-10-16(2)22(18)28-14-20(26)24(6,7)8/h9-12H,13-14H2,1-8H3. The molecule has 2 aromatic rings. The fourth-order valence-electron chi connectivity index (χ4n) is 2.66. The van der Waals surface area contributed by atoms with Gasteiger partial charge < -0.3 is 9.47 Å². The van der Waals surface area contributed by atoms with Crippen LogP contribution in [0.5, 0.6) is 11.5 Å². The predicted octanol–water partition coefficient (Wildman–Crippen LogP) is 5.44. The Bertz CT molecular complexity index is 820. The molecule has 4 heteroatoms. The molecule has 0 aliphatic heterocycles. The van der Waals surface area contributed by atoms with Crippen LogP contribution in [0.1, 0.15) is 52.7 Å². The van der Waals surface area contributed by atoms with Gasteiger partial charge >= 0.3 is 0 Å². The molecule has 0 spiro atoms. The van der Waals surface area contributed by atoms with E-state index in [1.165, 1.54) is 0 Å². The zero-order valence-electron chi connectivity index (χ0n) is 18.4. The number of hydrogen-bond donors (Lipinski definition) is 0. The SMILES string of the molecule is Cc1ccc2c(OCC(=O)C(C)(C)C)c(C)ccc2c1OCC(=O)C(C)(C)C. The lowest BCUT2D eigenvalue weighted by atomic mass is 9.91. The Morgan fingerprint density at radius 2 is 1.00 bits per heavy atom. The van der Waals surface area contributed by atoms with Gasteiger partial charge in [0.2, 0.25) is 0 Å². The van der Waals surface area contributed by atoms with Crippen molar-refractivity contribution in [2.24, 2.45) is 10.8 Å². The van der Waals surface area contributed by atoms with E-state index >= 15 is 0 Å². The number of aryl methyl sites for hydroxylation is 2. The van der Waals surface area contributed by atoms with Gasteiger partial charge in [-0.25, -0.2) is 0 Å². The lowest BCUT2D eigenvalue weighted by molar-refractivity contribution is -0.128. The average Bonchev–Trinajstić information content (AvgIpc) is 2.57. The Hall–Kier alpha value is -2.36. The second-order valence-corrected chi connectivity index (χ2v) is 9.44. The van der Waals surface area contributed by atoms with Crippen LogP contribution in [0.4, 0.5) is 0 Å². The monoisotopic (exact) mass is 384 g/mol. The highest BCUT2D eigenvalue weighted by molar-refractivity contribution is 5.96. The molecule has 0 saturated carbocycles. The van der Waals surface area contributed by atoms with Crippen LogP contribution in [0.3, 0.4) is 0 Å². The van der Waals surface area contributed by atoms with Crippen LogP contribution in [0.2, 0.25) is 0 Å². The van der Waals surface area contributed by atoms with Crippen LogP contribution < -0.4 is 9.47 Å². The van der Waals surface area contributed by atoms with Crippen molar-refractivity contribution in [1.82, 2.24) is 0 Å². The number of fused-ring (bicyclic) bond motifs is 1. The minimum Gasteiger partial charge on any atom is -0.485 e. The van der Waals surface area contributed by atoms with Crippen LogP contribution in [0, 0.1) is 24.7 Å². The first-order valence-electron chi connectivity index (χ1n) is 9.67. The molecule has 2 rings (SSSR count). The quantitative estimate of drug-likeness (QED) is 0.665. The van der Waals surface area contributed by atoms with Crippen molar-refractivity contribution in [2.45, 2.75) is 55.4 Å².